The molecule has 0 atom stereocenters. The van der Waals surface area contributed by atoms with Crippen LogP contribution in [-0.2, 0) is 6.54 Å². The van der Waals surface area contributed by atoms with E-state index in [1.165, 1.54) is 18.8 Å². The van der Waals surface area contributed by atoms with Crippen molar-refractivity contribution in [2.24, 2.45) is 0 Å². The van der Waals surface area contributed by atoms with Gasteiger partial charge in [-0.1, -0.05) is 23.7 Å². The second-order valence-electron chi connectivity index (χ2n) is 7.18. The maximum Gasteiger partial charge on any atom is 0.266 e. The van der Waals surface area contributed by atoms with Gasteiger partial charge < -0.3 is 19.8 Å². The Kier molecular flexibility index (Phi) is 6.48. The van der Waals surface area contributed by atoms with Gasteiger partial charge in [0.05, 0.1) is 30.8 Å². The molecule has 0 saturated heterocycles. The van der Waals surface area contributed by atoms with Crippen LogP contribution in [0.1, 0.15) is 15.9 Å². The van der Waals surface area contributed by atoms with E-state index in [9.17, 15) is 9.59 Å². The summed E-state index contributed by atoms with van der Waals surface area (Å²) in [6.07, 6.45) is 0. The molecule has 0 spiro atoms. The Labute approximate surface area is 199 Å². The van der Waals surface area contributed by atoms with Crippen molar-refractivity contribution in [2.75, 3.05) is 14.2 Å². The molecular formula is C24H20ClN3O4S. The second kappa shape index (κ2) is 9.48. The Bertz CT molecular complexity index is 1480. The maximum absolute atomic E-state index is 13.2. The largest absolute Gasteiger partial charge is 0.493 e. The van der Waals surface area contributed by atoms with Crippen molar-refractivity contribution >= 4 is 40.6 Å². The highest BCUT2D eigenvalue weighted by molar-refractivity contribution is 7.71. The lowest BCUT2D eigenvalue weighted by Crippen LogP contribution is -2.24. The molecule has 9 heteroatoms. The summed E-state index contributed by atoms with van der Waals surface area (Å²) >= 11 is 11.4. The average molecular weight is 482 g/mol. The van der Waals surface area contributed by atoms with Gasteiger partial charge in [-0.3, -0.25) is 14.2 Å². The van der Waals surface area contributed by atoms with Crippen LogP contribution < -0.4 is 20.3 Å². The Hall–Kier alpha value is -3.62. The third kappa shape index (κ3) is 4.62. The molecular weight excluding hydrogens is 462 g/mol. The lowest BCUT2D eigenvalue weighted by atomic mass is 10.1. The van der Waals surface area contributed by atoms with Crippen LogP contribution >= 0.6 is 23.8 Å². The lowest BCUT2D eigenvalue weighted by molar-refractivity contribution is 0.0951. The molecule has 0 fully saturated rings. The van der Waals surface area contributed by atoms with Gasteiger partial charge in [0.15, 0.2) is 16.3 Å². The number of rotatable bonds is 6. The SMILES string of the molecule is COc1ccc(-n2c(=S)[nH]c3cc(C(=O)NCc4cccc(Cl)c4)ccc3c2=O)cc1OC. The highest BCUT2D eigenvalue weighted by Gasteiger charge is 2.13. The Balaban J connectivity index is 1.67. The van der Waals surface area contributed by atoms with E-state index in [4.69, 9.17) is 33.3 Å². The summed E-state index contributed by atoms with van der Waals surface area (Å²) in [5.41, 5.74) is 1.97. The molecule has 0 aliphatic rings. The number of hydrogen-bond acceptors (Lipinski definition) is 5. The molecule has 7 nitrogen and oxygen atoms in total. The molecule has 0 aliphatic carbocycles. The fraction of sp³-hybridized carbons (Fsp3) is 0.125. The molecule has 33 heavy (non-hydrogen) atoms. The summed E-state index contributed by atoms with van der Waals surface area (Å²) in [4.78, 5) is 28.9. The topological polar surface area (TPSA) is 85.4 Å². The normalized spacial score (nSPS) is 10.8. The number of halogens is 1. The van der Waals surface area contributed by atoms with Crippen LogP contribution in [0.25, 0.3) is 16.6 Å². The van der Waals surface area contributed by atoms with E-state index in [1.807, 2.05) is 12.1 Å². The van der Waals surface area contributed by atoms with Crippen LogP contribution in [-0.4, -0.2) is 29.7 Å². The van der Waals surface area contributed by atoms with Gasteiger partial charge in [-0.15, -0.1) is 0 Å². The zero-order valence-electron chi connectivity index (χ0n) is 17.8. The molecule has 3 aromatic carbocycles. The Morgan fingerprint density at radius 3 is 2.58 bits per heavy atom. The minimum Gasteiger partial charge on any atom is -0.493 e. The van der Waals surface area contributed by atoms with Crippen molar-refractivity contribution in [1.82, 2.24) is 14.9 Å². The minimum absolute atomic E-state index is 0.191. The summed E-state index contributed by atoms with van der Waals surface area (Å²) in [6.45, 7) is 0.328. The third-order valence-corrected chi connectivity index (χ3v) is 5.65. The fourth-order valence-corrected chi connectivity index (χ4v) is 4.00. The van der Waals surface area contributed by atoms with Crippen LogP contribution in [0, 0.1) is 4.77 Å². The van der Waals surface area contributed by atoms with E-state index in [0.717, 1.165) is 5.56 Å². The first-order chi connectivity index (χ1) is 15.9. The van der Waals surface area contributed by atoms with Gasteiger partial charge in [-0.2, -0.15) is 0 Å². The fourth-order valence-electron chi connectivity index (χ4n) is 3.49. The molecule has 1 amide bonds. The summed E-state index contributed by atoms with van der Waals surface area (Å²) < 4.78 is 12.2. The molecule has 4 rings (SSSR count). The first-order valence-electron chi connectivity index (χ1n) is 9.95. The predicted octanol–water partition coefficient (Wildman–Crippen LogP) is 4.65. The Morgan fingerprint density at radius 1 is 1.06 bits per heavy atom. The molecule has 1 aromatic heterocycles. The van der Waals surface area contributed by atoms with E-state index >= 15 is 0 Å². The molecule has 0 unspecified atom stereocenters. The number of fused-ring (bicyclic) bond motifs is 1. The summed E-state index contributed by atoms with van der Waals surface area (Å²) in [5, 5.41) is 3.85. The van der Waals surface area contributed by atoms with Crippen molar-refractivity contribution in [1.29, 1.82) is 0 Å². The number of methoxy groups -OCH3 is 2. The number of hydrogen-bond donors (Lipinski definition) is 2. The number of benzene rings is 3. The lowest BCUT2D eigenvalue weighted by Gasteiger charge is -2.12. The van der Waals surface area contributed by atoms with Crippen LogP contribution in [0.5, 0.6) is 11.5 Å². The van der Waals surface area contributed by atoms with E-state index in [-0.39, 0.29) is 16.2 Å². The third-order valence-electron chi connectivity index (χ3n) is 5.13. The predicted molar refractivity (Wildman–Crippen MR) is 130 cm³/mol. The summed E-state index contributed by atoms with van der Waals surface area (Å²) in [7, 11) is 3.05. The highest BCUT2D eigenvalue weighted by Crippen LogP contribution is 2.29. The Morgan fingerprint density at radius 2 is 1.85 bits per heavy atom. The standard InChI is InChI=1S/C24H20ClN3O4S/c1-31-20-9-7-17(12-21(20)32-2)28-23(30)18-8-6-15(11-19(18)27-24(28)33)22(29)26-13-14-4-3-5-16(25)10-14/h3-12H,13H2,1-2H3,(H,26,29)(H,27,33). The smallest absolute Gasteiger partial charge is 0.266 e. The van der Waals surface area contributed by atoms with Crippen LogP contribution in [0.4, 0.5) is 0 Å². The van der Waals surface area contributed by atoms with E-state index < -0.39 is 0 Å². The second-order valence-corrected chi connectivity index (χ2v) is 8.01. The molecule has 1 heterocycles. The molecule has 0 bridgehead atoms. The number of aromatic amines is 1. The van der Waals surface area contributed by atoms with Gasteiger partial charge in [0.2, 0.25) is 0 Å². The number of nitrogens with one attached hydrogen (secondary N) is 2. The number of H-pyrrole nitrogens is 1. The van der Waals surface area contributed by atoms with Crippen molar-refractivity contribution < 1.29 is 14.3 Å². The quantitative estimate of drug-likeness (QED) is 0.391. The van der Waals surface area contributed by atoms with Crippen molar-refractivity contribution in [3.63, 3.8) is 0 Å². The van der Waals surface area contributed by atoms with Gasteiger partial charge in [0.25, 0.3) is 11.5 Å². The van der Waals surface area contributed by atoms with Gasteiger partial charge in [-0.25, -0.2) is 0 Å². The number of aromatic nitrogens is 2. The summed E-state index contributed by atoms with van der Waals surface area (Å²) in [6, 6.07) is 17.2. The van der Waals surface area contributed by atoms with Crippen molar-refractivity contribution in [3.05, 3.63) is 91.9 Å². The molecule has 168 valence electrons. The van der Waals surface area contributed by atoms with E-state index in [1.54, 1.807) is 48.5 Å². The van der Waals surface area contributed by atoms with E-state index in [0.29, 0.717) is 45.2 Å². The highest BCUT2D eigenvalue weighted by atomic mass is 35.5. The number of amides is 1. The molecule has 0 radical (unpaired) electrons. The maximum atomic E-state index is 13.2. The summed E-state index contributed by atoms with van der Waals surface area (Å²) in [5.74, 6) is 0.738. The van der Waals surface area contributed by atoms with Crippen molar-refractivity contribution in [3.8, 4) is 17.2 Å². The number of carbonyl (C=O) groups excluding carboxylic acids is 1. The van der Waals surface area contributed by atoms with Crippen LogP contribution in [0.3, 0.4) is 0 Å². The van der Waals surface area contributed by atoms with Gasteiger partial charge in [-0.05, 0) is 60.2 Å². The molecule has 0 saturated carbocycles. The number of carbonyl (C=O) groups is 1. The van der Waals surface area contributed by atoms with E-state index in [2.05, 4.69) is 10.3 Å². The average Bonchev–Trinajstić information content (AvgIpc) is 2.82. The monoisotopic (exact) mass is 481 g/mol. The van der Waals surface area contributed by atoms with Crippen LogP contribution in [0.15, 0.2) is 65.5 Å². The molecule has 4 aromatic rings. The zero-order valence-corrected chi connectivity index (χ0v) is 19.4. The van der Waals surface area contributed by atoms with Crippen LogP contribution in [0.2, 0.25) is 5.02 Å². The van der Waals surface area contributed by atoms with Crippen molar-refractivity contribution in [2.45, 2.75) is 6.54 Å². The van der Waals surface area contributed by atoms with Gasteiger partial charge in [0, 0.05) is 23.2 Å². The first kappa shape index (κ1) is 22.6. The number of ether oxygens (including phenoxy) is 2. The minimum atomic E-state index is -0.313. The van der Waals surface area contributed by atoms with Gasteiger partial charge >= 0.3 is 0 Å². The molecule has 0 aliphatic heterocycles. The first-order valence-corrected chi connectivity index (χ1v) is 10.7. The zero-order chi connectivity index (χ0) is 23.5. The number of nitrogens with zero attached hydrogens (tertiary/aromatic N) is 1. The van der Waals surface area contributed by atoms with Gasteiger partial charge in [0.1, 0.15) is 0 Å². The molecule has 2 N–H and O–H groups in total.